The van der Waals surface area contributed by atoms with Crippen LogP contribution in [0.25, 0.3) is 0 Å². The highest BCUT2D eigenvalue weighted by Gasteiger charge is 2.14. The lowest BCUT2D eigenvalue weighted by Crippen LogP contribution is -2.16. The summed E-state index contributed by atoms with van der Waals surface area (Å²) in [4.78, 5) is 10.3. The van der Waals surface area contributed by atoms with Crippen molar-refractivity contribution in [2.24, 2.45) is 4.36 Å². The lowest BCUT2D eigenvalue weighted by atomic mass is 10.2. The Morgan fingerprint density at radius 3 is 2.33 bits per heavy atom. The van der Waals surface area contributed by atoms with Crippen LogP contribution in [-0.2, 0) is 15.3 Å². The molecule has 0 bridgehead atoms. The van der Waals surface area contributed by atoms with E-state index in [9.17, 15) is 13.2 Å². The van der Waals surface area contributed by atoms with Crippen LogP contribution in [0, 0.1) is 0 Å². The zero-order valence-electron chi connectivity index (χ0n) is 6.73. The van der Waals surface area contributed by atoms with Crippen LogP contribution in [0.15, 0.2) is 4.36 Å². The molecule has 0 aliphatic carbocycles. The molecule has 0 saturated carbocycles. The maximum absolute atomic E-state index is 10.3. The molecule has 0 aromatic carbocycles. The van der Waals surface area contributed by atoms with E-state index in [1.54, 1.807) is 6.92 Å². The van der Waals surface area contributed by atoms with Crippen LogP contribution < -0.4 is 6.15 Å². The second kappa shape index (κ2) is 6.74. The molecule has 1 unspecified atom stereocenters. The van der Waals surface area contributed by atoms with Crippen molar-refractivity contribution in [2.75, 3.05) is 0 Å². The highest BCUT2D eigenvalue weighted by Crippen LogP contribution is 2.00. The highest BCUT2D eigenvalue weighted by atomic mass is 32.2. The van der Waals surface area contributed by atoms with E-state index in [2.05, 4.69) is 4.36 Å². The standard InChI is InChI=1S/C5H9NO4S.H3N/c1-2-3-4(5(7)8)6-11(9)10;/h4H,2-3H2,1H3,(H,7,8);1H3. The first-order valence-corrected chi connectivity index (χ1v) is 4.14. The molecule has 0 amide bonds. The predicted molar refractivity (Wildman–Crippen MR) is 42.7 cm³/mol. The fourth-order valence-corrected chi connectivity index (χ4v) is 1.00. The SMILES string of the molecule is CCCC(N=S(=O)=O)C(=O)O.N. The van der Waals surface area contributed by atoms with Crippen molar-refractivity contribution in [3.8, 4) is 0 Å². The summed E-state index contributed by atoms with van der Waals surface area (Å²) in [7, 11) is -2.62. The zero-order chi connectivity index (χ0) is 8.85. The van der Waals surface area contributed by atoms with Crippen LogP contribution in [-0.4, -0.2) is 25.5 Å². The lowest BCUT2D eigenvalue weighted by Gasteiger charge is -1.99. The monoisotopic (exact) mass is 196 g/mol. The van der Waals surface area contributed by atoms with E-state index in [4.69, 9.17) is 5.11 Å². The summed E-state index contributed by atoms with van der Waals surface area (Å²) >= 11 is 0. The quantitative estimate of drug-likeness (QED) is 0.677. The van der Waals surface area contributed by atoms with Crippen molar-refractivity contribution in [1.82, 2.24) is 6.15 Å². The molecule has 7 heteroatoms. The molecule has 72 valence electrons. The van der Waals surface area contributed by atoms with Crippen LogP contribution >= 0.6 is 0 Å². The molecule has 0 aromatic heterocycles. The normalized spacial score (nSPS) is 11.1. The van der Waals surface area contributed by atoms with E-state index in [-0.39, 0.29) is 12.6 Å². The van der Waals surface area contributed by atoms with Crippen LogP contribution in [0.5, 0.6) is 0 Å². The summed E-state index contributed by atoms with van der Waals surface area (Å²) in [6.45, 7) is 1.76. The minimum Gasteiger partial charge on any atom is -0.480 e. The number of aliphatic carboxylic acids is 1. The van der Waals surface area contributed by atoms with Crippen LogP contribution in [0.2, 0.25) is 0 Å². The Hall–Kier alpha value is -0.950. The molecule has 4 N–H and O–H groups in total. The Labute approximate surface area is 71.9 Å². The third-order valence-corrected chi connectivity index (χ3v) is 1.49. The van der Waals surface area contributed by atoms with E-state index < -0.39 is 22.5 Å². The van der Waals surface area contributed by atoms with Crippen molar-refractivity contribution >= 4 is 16.5 Å². The van der Waals surface area contributed by atoms with Gasteiger partial charge in [-0.25, -0.2) is 4.79 Å². The van der Waals surface area contributed by atoms with E-state index in [0.29, 0.717) is 6.42 Å². The van der Waals surface area contributed by atoms with Gasteiger partial charge in [0.2, 0.25) is 0 Å². The van der Waals surface area contributed by atoms with Crippen molar-refractivity contribution in [2.45, 2.75) is 25.8 Å². The van der Waals surface area contributed by atoms with E-state index >= 15 is 0 Å². The topological polar surface area (TPSA) is 119 Å². The van der Waals surface area contributed by atoms with Crippen molar-refractivity contribution < 1.29 is 18.3 Å². The largest absolute Gasteiger partial charge is 0.480 e. The fraction of sp³-hybridized carbons (Fsp3) is 0.800. The fourth-order valence-electron chi connectivity index (χ4n) is 0.599. The molecule has 0 aliphatic heterocycles. The van der Waals surface area contributed by atoms with E-state index in [1.165, 1.54) is 0 Å². The average molecular weight is 196 g/mol. The van der Waals surface area contributed by atoms with E-state index in [0.717, 1.165) is 0 Å². The highest BCUT2D eigenvalue weighted by molar-refractivity contribution is 7.61. The number of nitrogens with zero attached hydrogens (tertiary/aromatic N) is 1. The van der Waals surface area contributed by atoms with Crippen molar-refractivity contribution in [1.29, 1.82) is 0 Å². The summed E-state index contributed by atoms with van der Waals surface area (Å²) in [6.07, 6.45) is 0.848. The van der Waals surface area contributed by atoms with Crippen molar-refractivity contribution in [3.05, 3.63) is 0 Å². The Bertz CT molecular complexity index is 251. The Morgan fingerprint density at radius 2 is 2.08 bits per heavy atom. The number of carboxylic acids is 1. The Kier molecular flexibility index (Phi) is 7.66. The second-order valence-corrected chi connectivity index (χ2v) is 2.61. The van der Waals surface area contributed by atoms with E-state index in [1.807, 2.05) is 0 Å². The molecule has 0 aliphatic rings. The number of hydrogen-bond acceptors (Lipinski definition) is 5. The molecule has 0 rings (SSSR count). The Morgan fingerprint density at radius 1 is 1.58 bits per heavy atom. The molecule has 6 nitrogen and oxygen atoms in total. The third-order valence-electron chi connectivity index (χ3n) is 1.06. The van der Waals surface area contributed by atoms with Gasteiger partial charge in [0, 0.05) is 0 Å². The van der Waals surface area contributed by atoms with Gasteiger partial charge < -0.3 is 11.3 Å². The van der Waals surface area contributed by atoms with Gasteiger partial charge in [0.05, 0.1) is 0 Å². The van der Waals surface area contributed by atoms with Gasteiger partial charge >= 0.3 is 16.5 Å². The molecule has 0 spiro atoms. The molecule has 0 heterocycles. The summed E-state index contributed by atoms with van der Waals surface area (Å²) in [6, 6.07) is -1.11. The third kappa shape index (κ3) is 5.81. The van der Waals surface area contributed by atoms with Crippen LogP contribution in [0.1, 0.15) is 19.8 Å². The number of hydrogen-bond donors (Lipinski definition) is 2. The first kappa shape index (κ1) is 13.6. The van der Waals surface area contributed by atoms with Crippen molar-refractivity contribution in [3.63, 3.8) is 0 Å². The van der Waals surface area contributed by atoms with Crippen LogP contribution in [0.4, 0.5) is 0 Å². The van der Waals surface area contributed by atoms with Gasteiger partial charge in [-0.1, -0.05) is 13.3 Å². The first-order valence-electron chi connectivity index (χ1n) is 3.11. The van der Waals surface area contributed by atoms with Gasteiger partial charge in [0.15, 0.2) is 6.04 Å². The Balaban J connectivity index is 0. The molecule has 1 atom stereocenters. The minimum atomic E-state index is -2.62. The zero-order valence-corrected chi connectivity index (χ0v) is 7.54. The van der Waals surface area contributed by atoms with Gasteiger partial charge in [-0.2, -0.15) is 12.8 Å². The smallest absolute Gasteiger partial charge is 0.329 e. The van der Waals surface area contributed by atoms with Gasteiger partial charge in [-0.3, -0.25) is 0 Å². The molecule has 0 aromatic rings. The number of carbonyl (C=O) groups is 1. The second-order valence-electron chi connectivity index (χ2n) is 1.97. The average Bonchev–Trinajstić information content (AvgIpc) is 1.86. The van der Waals surface area contributed by atoms with Gasteiger partial charge in [0.1, 0.15) is 0 Å². The predicted octanol–water partition coefficient (Wildman–Crippen LogP) is 0.464. The maximum Gasteiger partial charge on any atom is 0.329 e. The summed E-state index contributed by atoms with van der Waals surface area (Å²) in [5.74, 6) is -1.20. The molecule has 12 heavy (non-hydrogen) atoms. The molecule has 0 radical (unpaired) electrons. The van der Waals surface area contributed by atoms with Gasteiger partial charge in [-0.15, -0.1) is 0 Å². The minimum absolute atomic E-state index is 0. The number of carboxylic acid groups (broad SMARTS) is 1. The summed E-state index contributed by atoms with van der Waals surface area (Å²) < 4.78 is 22.9. The molecular formula is C5H12N2O4S. The van der Waals surface area contributed by atoms with Gasteiger partial charge in [-0.05, 0) is 6.42 Å². The summed E-state index contributed by atoms with van der Waals surface area (Å²) in [5.41, 5.74) is 0. The maximum atomic E-state index is 10.3. The number of rotatable bonds is 4. The lowest BCUT2D eigenvalue weighted by molar-refractivity contribution is -0.138. The summed E-state index contributed by atoms with van der Waals surface area (Å²) in [5, 5.41) is 8.39. The molecular weight excluding hydrogens is 184 g/mol. The molecule has 0 fully saturated rings. The van der Waals surface area contributed by atoms with Gasteiger partial charge in [0.25, 0.3) is 0 Å². The molecule has 0 saturated heterocycles. The van der Waals surface area contributed by atoms with Crippen LogP contribution in [0.3, 0.4) is 0 Å². The first-order chi connectivity index (χ1) is 5.07.